The number of hydrogen-bond donors (Lipinski definition) is 2. The average Bonchev–Trinajstić information content (AvgIpc) is 2.43. The maximum absolute atomic E-state index is 11.6. The molecule has 2 N–H and O–H groups in total. The first-order valence-corrected chi connectivity index (χ1v) is 6.95. The number of carbonyl (C=O) groups excluding carboxylic acids is 1. The summed E-state index contributed by atoms with van der Waals surface area (Å²) in [4.78, 5) is 22.5. The van der Waals surface area contributed by atoms with E-state index in [0.29, 0.717) is 11.7 Å². The van der Waals surface area contributed by atoms with Gasteiger partial charge in [-0.05, 0) is 37.5 Å². The third-order valence-electron chi connectivity index (χ3n) is 3.22. The summed E-state index contributed by atoms with van der Waals surface area (Å²) in [6.07, 6.45) is 0. The van der Waals surface area contributed by atoms with Crippen molar-refractivity contribution in [2.75, 3.05) is 13.2 Å². The summed E-state index contributed by atoms with van der Waals surface area (Å²) in [7, 11) is 0. The quantitative estimate of drug-likeness (QED) is 0.809. The van der Waals surface area contributed by atoms with Gasteiger partial charge in [0, 0.05) is 6.54 Å². The molecule has 0 aromatic heterocycles. The molecule has 1 aromatic rings. The highest BCUT2D eigenvalue weighted by Gasteiger charge is 2.27. The number of benzene rings is 1. The molecule has 0 radical (unpaired) electrons. The number of amides is 1. The van der Waals surface area contributed by atoms with Gasteiger partial charge in [-0.15, -0.1) is 0 Å². The van der Waals surface area contributed by atoms with E-state index in [1.54, 1.807) is 13.8 Å². The van der Waals surface area contributed by atoms with E-state index in [1.807, 2.05) is 24.3 Å². The van der Waals surface area contributed by atoms with Crippen LogP contribution in [0.3, 0.4) is 0 Å². The van der Waals surface area contributed by atoms with Crippen molar-refractivity contribution in [1.82, 2.24) is 5.32 Å². The molecule has 0 spiro atoms. The van der Waals surface area contributed by atoms with Gasteiger partial charge in [0.1, 0.15) is 5.75 Å². The first-order valence-electron chi connectivity index (χ1n) is 6.95. The van der Waals surface area contributed by atoms with Crippen LogP contribution < -0.4 is 10.1 Å². The van der Waals surface area contributed by atoms with E-state index in [2.05, 4.69) is 19.2 Å². The van der Waals surface area contributed by atoms with Gasteiger partial charge >= 0.3 is 5.97 Å². The topological polar surface area (TPSA) is 75.6 Å². The molecule has 1 rings (SSSR count). The number of nitrogens with one attached hydrogen (secondary N) is 1. The Morgan fingerprint density at radius 1 is 1.24 bits per heavy atom. The zero-order chi connectivity index (χ0) is 16.0. The van der Waals surface area contributed by atoms with Crippen LogP contribution in [0.1, 0.15) is 39.2 Å². The Morgan fingerprint density at radius 2 is 1.81 bits per heavy atom. The lowest BCUT2D eigenvalue weighted by Crippen LogP contribution is -2.40. The van der Waals surface area contributed by atoms with Crippen molar-refractivity contribution in [2.24, 2.45) is 5.41 Å². The van der Waals surface area contributed by atoms with Gasteiger partial charge in [0.05, 0.1) is 5.41 Å². The highest BCUT2D eigenvalue weighted by Crippen LogP contribution is 2.18. The van der Waals surface area contributed by atoms with Gasteiger partial charge in [-0.2, -0.15) is 0 Å². The zero-order valence-corrected chi connectivity index (χ0v) is 13.0. The van der Waals surface area contributed by atoms with Crippen LogP contribution in [-0.4, -0.2) is 30.1 Å². The largest absolute Gasteiger partial charge is 0.484 e. The summed E-state index contributed by atoms with van der Waals surface area (Å²) in [5.41, 5.74) is 0.212. The summed E-state index contributed by atoms with van der Waals surface area (Å²) in [5, 5.41) is 11.5. The molecule has 0 saturated heterocycles. The highest BCUT2D eigenvalue weighted by atomic mass is 16.5. The molecular formula is C16H23NO4. The van der Waals surface area contributed by atoms with Crippen LogP contribution in [0.2, 0.25) is 0 Å². The summed E-state index contributed by atoms with van der Waals surface area (Å²) >= 11 is 0. The Morgan fingerprint density at radius 3 is 2.29 bits per heavy atom. The second-order valence-electron chi connectivity index (χ2n) is 5.98. The number of carboxylic acid groups (broad SMARTS) is 1. The fourth-order valence-electron chi connectivity index (χ4n) is 1.54. The van der Waals surface area contributed by atoms with Crippen LogP contribution in [0.15, 0.2) is 24.3 Å². The average molecular weight is 293 g/mol. The van der Waals surface area contributed by atoms with E-state index in [9.17, 15) is 9.59 Å². The number of carboxylic acids is 1. The molecule has 0 fully saturated rings. The smallest absolute Gasteiger partial charge is 0.310 e. The van der Waals surface area contributed by atoms with Gasteiger partial charge in [0.15, 0.2) is 6.61 Å². The fraction of sp³-hybridized carbons (Fsp3) is 0.500. The third kappa shape index (κ3) is 5.45. The first-order chi connectivity index (χ1) is 9.72. The lowest BCUT2D eigenvalue weighted by Gasteiger charge is -2.19. The second kappa shape index (κ2) is 7.11. The standard InChI is InChI=1S/C16H23NO4/c1-11(2)12-5-7-13(8-6-12)21-9-14(18)17-10-16(3,4)15(19)20/h5-8,11H,9-10H2,1-4H3,(H,17,18)(H,19,20). The highest BCUT2D eigenvalue weighted by molar-refractivity contribution is 5.79. The minimum atomic E-state index is -0.991. The van der Waals surface area contributed by atoms with Crippen molar-refractivity contribution in [3.63, 3.8) is 0 Å². The SMILES string of the molecule is CC(C)c1ccc(OCC(=O)NCC(C)(C)C(=O)O)cc1. The van der Waals surface area contributed by atoms with Crippen LogP contribution in [-0.2, 0) is 9.59 Å². The number of ether oxygens (including phenoxy) is 1. The molecule has 5 heteroatoms. The molecule has 0 aliphatic rings. The molecule has 0 heterocycles. The molecule has 0 aliphatic heterocycles. The van der Waals surface area contributed by atoms with E-state index in [4.69, 9.17) is 9.84 Å². The minimum absolute atomic E-state index is 0.0663. The predicted molar refractivity (Wildman–Crippen MR) is 80.5 cm³/mol. The Kier molecular flexibility index (Phi) is 5.76. The molecule has 0 aliphatic carbocycles. The monoisotopic (exact) mass is 293 g/mol. The number of rotatable bonds is 7. The van der Waals surface area contributed by atoms with Crippen LogP contribution in [0, 0.1) is 5.41 Å². The maximum atomic E-state index is 11.6. The van der Waals surface area contributed by atoms with Crippen molar-refractivity contribution in [3.05, 3.63) is 29.8 Å². The van der Waals surface area contributed by atoms with E-state index in [0.717, 1.165) is 0 Å². The lowest BCUT2D eigenvalue weighted by molar-refractivity contribution is -0.146. The lowest BCUT2D eigenvalue weighted by atomic mass is 9.94. The molecule has 5 nitrogen and oxygen atoms in total. The fourth-order valence-corrected chi connectivity index (χ4v) is 1.54. The molecule has 1 aromatic carbocycles. The summed E-state index contributed by atoms with van der Waals surface area (Å²) in [5.74, 6) is -0.224. The molecule has 21 heavy (non-hydrogen) atoms. The van der Waals surface area contributed by atoms with Crippen LogP contribution in [0.5, 0.6) is 5.75 Å². The Bertz CT molecular complexity index is 492. The van der Waals surface area contributed by atoms with Gasteiger partial charge in [-0.25, -0.2) is 0 Å². The summed E-state index contributed by atoms with van der Waals surface area (Å²) < 4.78 is 5.37. The molecule has 0 unspecified atom stereocenters. The minimum Gasteiger partial charge on any atom is -0.484 e. The molecule has 116 valence electrons. The van der Waals surface area contributed by atoms with E-state index >= 15 is 0 Å². The summed E-state index contributed by atoms with van der Waals surface area (Å²) in [6, 6.07) is 7.57. The summed E-state index contributed by atoms with van der Waals surface area (Å²) in [6.45, 7) is 7.26. The van der Waals surface area contributed by atoms with Crippen molar-refractivity contribution in [3.8, 4) is 5.75 Å². The number of hydrogen-bond acceptors (Lipinski definition) is 3. The van der Waals surface area contributed by atoms with E-state index in [-0.39, 0.29) is 19.1 Å². The normalized spacial score (nSPS) is 11.3. The van der Waals surface area contributed by atoms with Gasteiger partial charge < -0.3 is 15.2 Å². The Hall–Kier alpha value is -2.04. The van der Waals surface area contributed by atoms with Crippen LogP contribution >= 0.6 is 0 Å². The van der Waals surface area contributed by atoms with Gasteiger partial charge in [-0.3, -0.25) is 9.59 Å². The van der Waals surface area contributed by atoms with Crippen molar-refractivity contribution in [1.29, 1.82) is 0 Å². The van der Waals surface area contributed by atoms with Crippen LogP contribution in [0.25, 0.3) is 0 Å². The van der Waals surface area contributed by atoms with E-state index < -0.39 is 11.4 Å². The second-order valence-corrected chi connectivity index (χ2v) is 5.98. The van der Waals surface area contributed by atoms with Crippen molar-refractivity contribution >= 4 is 11.9 Å². The third-order valence-corrected chi connectivity index (χ3v) is 3.22. The first kappa shape index (κ1) is 17.0. The van der Waals surface area contributed by atoms with Crippen LogP contribution in [0.4, 0.5) is 0 Å². The van der Waals surface area contributed by atoms with Crippen molar-refractivity contribution in [2.45, 2.75) is 33.6 Å². The predicted octanol–water partition coefficient (Wildman–Crippen LogP) is 2.42. The van der Waals surface area contributed by atoms with E-state index in [1.165, 1.54) is 5.56 Å². The van der Waals surface area contributed by atoms with Gasteiger partial charge in [-0.1, -0.05) is 26.0 Å². The van der Waals surface area contributed by atoms with Gasteiger partial charge in [0.25, 0.3) is 5.91 Å². The molecule has 0 saturated carbocycles. The molecule has 0 atom stereocenters. The zero-order valence-electron chi connectivity index (χ0n) is 13.0. The maximum Gasteiger partial charge on any atom is 0.310 e. The van der Waals surface area contributed by atoms with Gasteiger partial charge in [0.2, 0.25) is 0 Å². The number of carbonyl (C=O) groups is 2. The number of aliphatic carboxylic acids is 1. The molecule has 1 amide bonds. The molecule has 0 bridgehead atoms. The van der Waals surface area contributed by atoms with Crippen molar-refractivity contribution < 1.29 is 19.4 Å². The Labute approximate surface area is 125 Å². The molecular weight excluding hydrogens is 270 g/mol. The Balaban J connectivity index is 2.41.